The third-order valence-corrected chi connectivity index (χ3v) is 6.61. The van der Waals surface area contributed by atoms with Gasteiger partial charge in [-0.2, -0.15) is 0 Å². The Bertz CT molecular complexity index is 765. The maximum Gasteiger partial charge on any atom is 0.573 e. The smallest absolute Gasteiger partial charge is 0.406 e. The van der Waals surface area contributed by atoms with E-state index < -0.39 is 12.5 Å². The SMILES string of the molecule is CC1CCN(CC(O)CSc2nnc(Nc3ccc(OC(F)(F)F)cc3)s2)CC1. The van der Waals surface area contributed by atoms with Crippen molar-refractivity contribution in [1.29, 1.82) is 0 Å². The van der Waals surface area contributed by atoms with Gasteiger partial charge in [0.2, 0.25) is 5.13 Å². The Balaban J connectivity index is 1.43. The van der Waals surface area contributed by atoms with E-state index >= 15 is 0 Å². The Hall–Kier alpha value is -1.56. The lowest BCUT2D eigenvalue weighted by molar-refractivity contribution is -0.274. The second-order valence-electron chi connectivity index (χ2n) is 7.02. The van der Waals surface area contributed by atoms with E-state index in [0.29, 0.717) is 23.1 Å². The number of benzene rings is 1. The van der Waals surface area contributed by atoms with Gasteiger partial charge in [0.15, 0.2) is 4.34 Å². The average Bonchev–Trinajstić information content (AvgIpc) is 3.10. The van der Waals surface area contributed by atoms with Crippen molar-refractivity contribution in [2.24, 2.45) is 5.92 Å². The van der Waals surface area contributed by atoms with Gasteiger partial charge in [0.1, 0.15) is 5.75 Å². The largest absolute Gasteiger partial charge is 0.573 e. The van der Waals surface area contributed by atoms with Crippen LogP contribution >= 0.6 is 23.1 Å². The highest BCUT2D eigenvalue weighted by Crippen LogP contribution is 2.30. The summed E-state index contributed by atoms with van der Waals surface area (Å²) < 4.78 is 41.1. The first-order chi connectivity index (χ1) is 13.8. The Kier molecular flexibility index (Phi) is 7.60. The van der Waals surface area contributed by atoms with Crippen LogP contribution in [0.1, 0.15) is 19.8 Å². The number of halogens is 3. The lowest BCUT2D eigenvalue weighted by atomic mass is 9.99. The predicted molar refractivity (Wildman–Crippen MR) is 108 cm³/mol. The molecule has 1 atom stereocenters. The number of alkyl halides is 3. The highest BCUT2D eigenvalue weighted by atomic mass is 32.2. The van der Waals surface area contributed by atoms with Gasteiger partial charge in [0.05, 0.1) is 6.10 Å². The molecule has 160 valence electrons. The first kappa shape index (κ1) is 22.1. The van der Waals surface area contributed by atoms with Gasteiger partial charge in [-0.25, -0.2) is 0 Å². The van der Waals surface area contributed by atoms with Crippen LogP contribution in [0.3, 0.4) is 0 Å². The molecule has 2 aromatic rings. The predicted octanol–water partition coefficient (Wildman–Crippen LogP) is 4.37. The van der Waals surface area contributed by atoms with Gasteiger partial charge >= 0.3 is 6.36 Å². The summed E-state index contributed by atoms with van der Waals surface area (Å²) in [6, 6.07) is 5.39. The maximum absolute atomic E-state index is 12.2. The number of aliphatic hydroxyl groups is 1. The number of likely N-dealkylation sites (tertiary alicyclic amines) is 1. The lowest BCUT2D eigenvalue weighted by Crippen LogP contribution is -2.39. The molecule has 1 saturated heterocycles. The molecule has 0 amide bonds. The number of rotatable bonds is 8. The third-order valence-electron chi connectivity index (χ3n) is 4.49. The van der Waals surface area contributed by atoms with Crippen molar-refractivity contribution >= 4 is 33.9 Å². The topological polar surface area (TPSA) is 70.5 Å². The number of nitrogens with zero attached hydrogens (tertiary/aromatic N) is 3. The second kappa shape index (κ2) is 9.96. The molecular formula is C18H23F3N4O2S2. The van der Waals surface area contributed by atoms with E-state index in [1.165, 1.54) is 60.2 Å². The Morgan fingerprint density at radius 2 is 1.97 bits per heavy atom. The summed E-state index contributed by atoms with van der Waals surface area (Å²) in [7, 11) is 0. The molecule has 1 aliphatic rings. The van der Waals surface area contributed by atoms with Gasteiger partial charge in [-0.05, 0) is 56.1 Å². The maximum atomic E-state index is 12.2. The summed E-state index contributed by atoms with van der Waals surface area (Å²) in [4.78, 5) is 2.30. The fourth-order valence-electron chi connectivity index (χ4n) is 2.94. The third kappa shape index (κ3) is 7.65. The minimum Gasteiger partial charge on any atom is -0.406 e. The van der Waals surface area contributed by atoms with Crippen LogP contribution < -0.4 is 10.1 Å². The number of aliphatic hydroxyl groups excluding tert-OH is 1. The molecule has 0 saturated carbocycles. The molecule has 1 aromatic heterocycles. The number of hydrogen-bond acceptors (Lipinski definition) is 8. The first-order valence-electron chi connectivity index (χ1n) is 9.26. The Labute approximate surface area is 175 Å². The summed E-state index contributed by atoms with van der Waals surface area (Å²) in [5.74, 6) is 1.01. The van der Waals surface area contributed by atoms with Crippen LogP contribution in [0, 0.1) is 5.92 Å². The van der Waals surface area contributed by atoms with Gasteiger partial charge in [-0.15, -0.1) is 23.4 Å². The quantitative estimate of drug-likeness (QED) is 0.581. The monoisotopic (exact) mass is 448 g/mol. The molecule has 3 rings (SSSR count). The van der Waals surface area contributed by atoms with Crippen LogP contribution in [0.25, 0.3) is 0 Å². The Morgan fingerprint density at radius 3 is 2.62 bits per heavy atom. The molecule has 11 heteroatoms. The molecule has 1 aromatic carbocycles. The second-order valence-corrected chi connectivity index (χ2v) is 9.26. The van der Waals surface area contributed by atoms with Crippen LogP contribution in [0.15, 0.2) is 28.6 Å². The van der Waals surface area contributed by atoms with Crippen LogP contribution in [0.4, 0.5) is 24.0 Å². The van der Waals surface area contributed by atoms with Crippen molar-refractivity contribution in [2.75, 3.05) is 30.7 Å². The summed E-state index contributed by atoms with van der Waals surface area (Å²) >= 11 is 2.77. The molecule has 1 aliphatic heterocycles. The van der Waals surface area contributed by atoms with Crippen LogP contribution in [-0.2, 0) is 0 Å². The zero-order chi connectivity index (χ0) is 20.9. The van der Waals surface area contributed by atoms with Crippen molar-refractivity contribution in [1.82, 2.24) is 15.1 Å². The van der Waals surface area contributed by atoms with Crippen molar-refractivity contribution in [3.05, 3.63) is 24.3 Å². The molecule has 0 spiro atoms. The fourth-order valence-corrected chi connectivity index (χ4v) is 4.66. The van der Waals surface area contributed by atoms with E-state index in [0.717, 1.165) is 23.3 Å². The van der Waals surface area contributed by atoms with Crippen LogP contribution in [-0.4, -0.2) is 58.1 Å². The Morgan fingerprint density at radius 1 is 1.28 bits per heavy atom. The molecule has 0 aliphatic carbocycles. The molecule has 1 unspecified atom stereocenters. The standard InChI is InChI=1S/C18H23F3N4O2S2/c1-12-6-8-25(9-7-12)10-14(26)11-28-17-24-23-16(29-17)22-13-2-4-15(5-3-13)27-18(19,20)21/h2-5,12,14,26H,6-11H2,1H3,(H,22,23). The molecule has 0 radical (unpaired) electrons. The number of piperidine rings is 1. The molecule has 2 N–H and O–H groups in total. The van der Waals surface area contributed by atoms with E-state index in [9.17, 15) is 18.3 Å². The highest BCUT2D eigenvalue weighted by molar-refractivity contribution is 8.01. The number of hydrogen-bond donors (Lipinski definition) is 2. The van der Waals surface area contributed by atoms with Crippen LogP contribution in [0.2, 0.25) is 0 Å². The molecule has 0 bridgehead atoms. The number of thioether (sulfide) groups is 1. The number of β-amino-alcohol motifs (C(OH)–C–C–N with tert-alkyl or cyclic N) is 1. The molecule has 1 fully saturated rings. The first-order valence-corrected chi connectivity index (χ1v) is 11.1. The van der Waals surface area contributed by atoms with E-state index in [1.807, 2.05) is 0 Å². The number of ether oxygens (including phenoxy) is 1. The summed E-state index contributed by atoms with van der Waals surface area (Å²) in [6.07, 6.45) is -2.80. The van der Waals surface area contributed by atoms with Crippen molar-refractivity contribution < 1.29 is 23.0 Å². The average molecular weight is 449 g/mol. The minimum absolute atomic E-state index is 0.284. The van der Waals surface area contributed by atoms with Crippen molar-refractivity contribution in [3.8, 4) is 5.75 Å². The molecular weight excluding hydrogens is 425 g/mol. The summed E-state index contributed by atoms with van der Waals surface area (Å²) in [5.41, 5.74) is 0.576. The lowest BCUT2D eigenvalue weighted by Gasteiger charge is -2.31. The van der Waals surface area contributed by atoms with Crippen LogP contribution in [0.5, 0.6) is 5.75 Å². The molecule has 6 nitrogen and oxygen atoms in total. The fraction of sp³-hybridized carbons (Fsp3) is 0.556. The van der Waals surface area contributed by atoms with E-state index in [2.05, 4.69) is 32.1 Å². The number of aromatic nitrogens is 2. The number of anilines is 2. The van der Waals surface area contributed by atoms with E-state index in [1.54, 1.807) is 0 Å². The van der Waals surface area contributed by atoms with Gasteiger partial charge in [0, 0.05) is 18.0 Å². The van der Waals surface area contributed by atoms with Gasteiger partial charge < -0.3 is 20.1 Å². The summed E-state index contributed by atoms with van der Waals surface area (Å²) in [5, 5.41) is 21.9. The number of nitrogens with one attached hydrogen (secondary N) is 1. The van der Waals surface area contributed by atoms with E-state index in [-0.39, 0.29) is 5.75 Å². The minimum atomic E-state index is -4.71. The van der Waals surface area contributed by atoms with Crippen molar-refractivity contribution in [2.45, 2.75) is 36.6 Å². The zero-order valence-corrected chi connectivity index (χ0v) is 17.5. The molecule has 29 heavy (non-hydrogen) atoms. The van der Waals surface area contributed by atoms with E-state index in [4.69, 9.17) is 0 Å². The molecule has 2 heterocycles. The normalized spacial score (nSPS) is 17.3. The highest BCUT2D eigenvalue weighted by Gasteiger charge is 2.31. The van der Waals surface area contributed by atoms with Gasteiger partial charge in [-0.3, -0.25) is 0 Å². The van der Waals surface area contributed by atoms with Crippen molar-refractivity contribution in [3.63, 3.8) is 0 Å². The summed E-state index contributed by atoms with van der Waals surface area (Å²) in [6.45, 7) is 4.98. The zero-order valence-electron chi connectivity index (χ0n) is 15.9. The van der Waals surface area contributed by atoms with Gasteiger partial charge in [0.25, 0.3) is 0 Å². The van der Waals surface area contributed by atoms with Gasteiger partial charge in [-0.1, -0.05) is 30.0 Å².